The van der Waals surface area contributed by atoms with E-state index >= 15 is 0 Å². The Hall–Kier alpha value is -1.14. The minimum Gasteiger partial charge on any atom is -0.452 e. The van der Waals surface area contributed by atoms with E-state index in [1.807, 2.05) is 6.92 Å². The van der Waals surface area contributed by atoms with Crippen molar-refractivity contribution in [3.8, 4) is 0 Å². The summed E-state index contributed by atoms with van der Waals surface area (Å²) >= 11 is 0. The van der Waals surface area contributed by atoms with Crippen LogP contribution in [0.15, 0.2) is 0 Å². The van der Waals surface area contributed by atoms with Crippen LogP contribution in [-0.2, 0) is 19.1 Å². The van der Waals surface area contributed by atoms with Gasteiger partial charge < -0.3 is 19.7 Å². The number of fused-ring (bicyclic) bond motifs is 2. The molecule has 2 N–H and O–H groups in total. The molecule has 0 amide bonds. The van der Waals surface area contributed by atoms with E-state index in [4.69, 9.17) is 9.84 Å². The minimum absolute atomic E-state index is 0.107. The van der Waals surface area contributed by atoms with Crippen LogP contribution in [0.3, 0.4) is 0 Å². The van der Waals surface area contributed by atoms with Crippen molar-refractivity contribution in [1.29, 1.82) is 0 Å². The third-order valence-corrected chi connectivity index (χ3v) is 5.58. The van der Waals surface area contributed by atoms with Crippen molar-refractivity contribution in [1.82, 2.24) is 0 Å². The van der Waals surface area contributed by atoms with E-state index in [1.54, 1.807) is 0 Å². The second kappa shape index (κ2) is 4.70. The number of carbonyl (C=O) groups is 2. The molecule has 2 saturated carbocycles. The van der Waals surface area contributed by atoms with Crippen LogP contribution >= 0.6 is 0 Å². The van der Waals surface area contributed by atoms with Crippen molar-refractivity contribution >= 4 is 11.9 Å². The largest absolute Gasteiger partial charge is 0.452 e. The van der Waals surface area contributed by atoms with Crippen molar-refractivity contribution in [2.75, 3.05) is 13.2 Å². The van der Waals surface area contributed by atoms with Gasteiger partial charge in [0.1, 0.15) is 6.61 Å². The number of aliphatic hydroxyl groups excluding tert-OH is 1. The van der Waals surface area contributed by atoms with E-state index in [0.717, 1.165) is 12.8 Å². The predicted molar refractivity (Wildman–Crippen MR) is 68.3 cm³/mol. The summed E-state index contributed by atoms with van der Waals surface area (Å²) < 4.78 is 9.72. The summed E-state index contributed by atoms with van der Waals surface area (Å²) in [5.74, 6) is -2.89. The highest BCUT2D eigenvalue weighted by Crippen LogP contribution is 2.69. The molecule has 0 aromatic heterocycles. The fourth-order valence-electron chi connectivity index (χ4n) is 3.77. The van der Waals surface area contributed by atoms with Gasteiger partial charge in [0.2, 0.25) is 5.79 Å². The molecule has 20 heavy (non-hydrogen) atoms. The molecule has 2 bridgehead atoms. The highest BCUT2D eigenvalue weighted by atomic mass is 16.7. The third kappa shape index (κ3) is 2.02. The van der Waals surface area contributed by atoms with Gasteiger partial charge in [-0.3, -0.25) is 0 Å². The summed E-state index contributed by atoms with van der Waals surface area (Å²) in [6.45, 7) is 4.73. The van der Waals surface area contributed by atoms with Gasteiger partial charge in [0, 0.05) is 11.8 Å². The molecule has 6 nitrogen and oxygen atoms in total. The van der Waals surface area contributed by atoms with Crippen LogP contribution in [0.25, 0.3) is 0 Å². The van der Waals surface area contributed by atoms with Gasteiger partial charge in [0.05, 0.1) is 0 Å². The van der Waals surface area contributed by atoms with E-state index < -0.39 is 36.4 Å². The molecule has 2 aliphatic rings. The summed E-state index contributed by atoms with van der Waals surface area (Å²) in [6, 6.07) is 0. The van der Waals surface area contributed by atoms with Crippen molar-refractivity contribution in [2.24, 2.45) is 16.7 Å². The smallest absolute Gasteiger partial charge is 0.346 e. The lowest BCUT2D eigenvalue weighted by Gasteiger charge is -2.43. The molecule has 0 heterocycles. The molecule has 2 rings (SSSR count). The van der Waals surface area contributed by atoms with Crippen LogP contribution in [0.2, 0.25) is 0 Å². The van der Waals surface area contributed by atoms with Crippen LogP contribution < -0.4 is 0 Å². The fraction of sp³-hybridized carbons (Fsp3) is 0.857. The number of carbonyl (C=O) groups excluding carboxylic acids is 2. The summed E-state index contributed by atoms with van der Waals surface area (Å²) in [5.41, 5.74) is -0.606. The van der Waals surface area contributed by atoms with Gasteiger partial charge >= 0.3 is 11.9 Å². The summed E-state index contributed by atoms with van der Waals surface area (Å²) in [4.78, 5) is 22.5. The Bertz CT molecular complexity index is 431. The van der Waals surface area contributed by atoms with Crippen LogP contribution in [-0.4, -0.2) is 41.2 Å². The van der Waals surface area contributed by atoms with Gasteiger partial charge in [-0.05, 0) is 24.2 Å². The van der Waals surface area contributed by atoms with E-state index in [9.17, 15) is 14.7 Å². The number of rotatable bonds is 4. The first-order valence-corrected chi connectivity index (χ1v) is 6.87. The Kier molecular flexibility index (Phi) is 3.59. The zero-order valence-corrected chi connectivity index (χ0v) is 12.1. The maximum absolute atomic E-state index is 11.7. The second-order valence-electron chi connectivity index (χ2n) is 6.57. The average molecular weight is 286 g/mol. The van der Waals surface area contributed by atoms with Gasteiger partial charge in [0.25, 0.3) is 0 Å². The normalized spacial score (nSPS) is 37.8. The lowest BCUT2D eigenvalue weighted by molar-refractivity contribution is -0.262. The monoisotopic (exact) mass is 286 g/mol. The predicted octanol–water partition coefficient (Wildman–Crippen LogP) is 0.600. The molecule has 0 unspecified atom stereocenters. The van der Waals surface area contributed by atoms with Crippen LogP contribution in [0.5, 0.6) is 0 Å². The lowest BCUT2D eigenvalue weighted by Crippen LogP contribution is -2.50. The SMILES string of the molecule is CC1(C)[C@@H]2CC[C@@]1(C)[C@](O)(OC(=O)COC(=O)CO)C2. The van der Waals surface area contributed by atoms with Crippen molar-refractivity contribution in [2.45, 2.75) is 45.8 Å². The summed E-state index contributed by atoms with van der Waals surface area (Å²) in [5, 5.41) is 19.2. The Morgan fingerprint density at radius 3 is 2.35 bits per heavy atom. The number of hydrogen-bond donors (Lipinski definition) is 2. The number of hydrogen-bond acceptors (Lipinski definition) is 6. The Morgan fingerprint density at radius 2 is 1.90 bits per heavy atom. The molecule has 0 aliphatic heterocycles. The van der Waals surface area contributed by atoms with E-state index in [2.05, 4.69) is 18.6 Å². The molecule has 2 fully saturated rings. The third-order valence-electron chi connectivity index (χ3n) is 5.58. The second-order valence-corrected chi connectivity index (χ2v) is 6.57. The van der Waals surface area contributed by atoms with E-state index in [0.29, 0.717) is 12.3 Å². The Balaban J connectivity index is 2.03. The molecule has 114 valence electrons. The zero-order chi connectivity index (χ0) is 15.2. The van der Waals surface area contributed by atoms with Crippen molar-refractivity contribution in [3.63, 3.8) is 0 Å². The molecule has 0 saturated heterocycles. The fourth-order valence-corrected chi connectivity index (χ4v) is 3.77. The maximum atomic E-state index is 11.7. The number of esters is 2. The molecule has 2 aliphatic carbocycles. The quantitative estimate of drug-likeness (QED) is 0.580. The van der Waals surface area contributed by atoms with Crippen molar-refractivity contribution in [3.05, 3.63) is 0 Å². The molecular formula is C14H22O6. The minimum atomic E-state index is -1.51. The van der Waals surface area contributed by atoms with Crippen LogP contribution in [0, 0.1) is 16.7 Å². The van der Waals surface area contributed by atoms with Gasteiger partial charge in [-0.25, -0.2) is 9.59 Å². The molecule has 0 spiro atoms. The molecule has 3 atom stereocenters. The van der Waals surface area contributed by atoms with Gasteiger partial charge in [-0.15, -0.1) is 0 Å². The zero-order valence-electron chi connectivity index (χ0n) is 12.1. The highest BCUT2D eigenvalue weighted by molar-refractivity contribution is 5.77. The highest BCUT2D eigenvalue weighted by Gasteiger charge is 2.70. The first-order valence-electron chi connectivity index (χ1n) is 6.87. The summed E-state index contributed by atoms with van der Waals surface area (Å²) in [7, 11) is 0. The van der Waals surface area contributed by atoms with Gasteiger partial charge in [-0.1, -0.05) is 20.8 Å². The lowest BCUT2D eigenvalue weighted by atomic mass is 9.68. The first kappa shape index (κ1) is 15.3. The number of aliphatic hydroxyl groups is 2. The molecule has 0 aromatic carbocycles. The number of ether oxygens (including phenoxy) is 2. The van der Waals surface area contributed by atoms with Crippen LogP contribution in [0.4, 0.5) is 0 Å². The van der Waals surface area contributed by atoms with Gasteiger partial charge in [-0.2, -0.15) is 0 Å². The van der Waals surface area contributed by atoms with E-state index in [1.165, 1.54) is 0 Å². The van der Waals surface area contributed by atoms with Crippen LogP contribution in [0.1, 0.15) is 40.0 Å². The summed E-state index contributed by atoms with van der Waals surface area (Å²) in [6.07, 6.45) is 2.23. The molecule has 6 heteroatoms. The average Bonchev–Trinajstić information content (AvgIpc) is 2.67. The molecular weight excluding hydrogens is 264 g/mol. The van der Waals surface area contributed by atoms with Crippen molar-refractivity contribution < 1.29 is 29.3 Å². The van der Waals surface area contributed by atoms with Gasteiger partial charge in [0.15, 0.2) is 6.61 Å². The first-order chi connectivity index (χ1) is 9.16. The molecule has 0 aromatic rings. The Morgan fingerprint density at radius 1 is 1.25 bits per heavy atom. The van der Waals surface area contributed by atoms with E-state index in [-0.39, 0.29) is 5.41 Å². The maximum Gasteiger partial charge on any atom is 0.346 e. The standard InChI is InChI=1S/C14H22O6/c1-12(2)9-4-5-13(12,3)14(18,6-9)20-11(17)8-19-10(16)7-15/h9,15,18H,4-8H2,1-3H3/t9-,13-,14-/m1/s1. The Labute approximate surface area is 118 Å². The topological polar surface area (TPSA) is 93.1 Å². The molecule has 0 radical (unpaired) electrons.